The van der Waals surface area contributed by atoms with Crippen LogP contribution in [0.1, 0.15) is 0 Å². The molecule has 2 heteroatoms. The van der Waals surface area contributed by atoms with E-state index in [-0.39, 0.29) is 0 Å². The van der Waals surface area contributed by atoms with E-state index >= 15 is 0 Å². The number of nitrogens with zero attached hydrogens (tertiary/aromatic N) is 2. The van der Waals surface area contributed by atoms with Gasteiger partial charge in [0.15, 0.2) is 0 Å². The Morgan fingerprint density at radius 2 is 1.00 bits per heavy atom. The number of para-hydroxylation sites is 2. The van der Waals surface area contributed by atoms with Gasteiger partial charge in [-0.2, -0.15) is 0 Å². The fourth-order valence-corrected chi connectivity index (χ4v) is 1.75. The van der Waals surface area contributed by atoms with Gasteiger partial charge in [0.2, 0.25) is 0 Å². The van der Waals surface area contributed by atoms with Crippen molar-refractivity contribution in [3.63, 3.8) is 0 Å². The summed E-state index contributed by atoms with van der Waals surface area (Å²) in [5.74, 6) is 0. The third-order valence-corrected chi connectivity index (χ3v) is 2.40. The number of benzene rings is 2. The number of hydrogen-bond acceptors (Lipinski definition) is 2. The third-order valence-electron chi connectivity index (χ3n) is 2.40. The minimum absolute atomic E-state index is 1.17. The molecule has 0 saturated heterocycles. The van der Waals surface area contributed by atoms with E-state index in [1.54, 1.807) is 0 Å². The molecule has 0 amide bonds. The number of hydrogen-bond donors (Lipinski definition) is 0. The van der Waals surface area contributed by atoms with Crippen LogP contribution in [-0.4, -0.2) is 19.1 Å². The highest BCUT2D eigenvalue weighted by Crippen LogP contribution is 2.25. The van der Waals surface area contributed by atoms with E-state index in [2.05, 4.69) is 58.5 Å². The number of rotatable bonds is 3. The van der Waals surface area contributed by atoms with Gasteiger partial charge >= 0.3 is 0 Å². The van der Waals surface area contributed by atoms with Crippen LogP contribution >= 0.6 is 0 Å². The van der Waals surface area contributed by atoms with Crippen LogP contribution in [0.4, 0.5) is 11.4 Å². The molecule has 2 rings (SSSR count). The molecule has 2 aromatic carbocycles. The highest BCUT2D eigenvalue weighted by Gasteiger charge is 2.09. The second-order valence-electron chi connectivity index (χ2n) is 3.83. The Morgan fingerprint density at radius 3 is 1.31 bits per heavy atom. The van der Waals surface area contributed by atoms with Gasteiger partial charge in [0.1, 0.15) is 0 Å². The van der Waals surface area contributed by atoms with Crippen LogP contribution in [-0.2, 0) is 0 Å². The lowest BCUT2D eigenvalue weighted by Gasteiger charge is -2.31. The highest BCUT2D eigenvalue weighted by molar-refractivity contribution is 5.61. The molecule has 2 nitrogen and oxygen atoms in total. The van der Waals surface area contributed by atoms with E-state index in [9.17, 15) is 0 Å². The fourth-order valence-electron chi connectivity index (χ4n) is 1.75. The van der Waals surface area contributed by atoms with E-state index < -0.39 is 0 Å². The van der Waals surface area contributed by atoms with Gasteiger partial charge in [0.05, 0.1) is 11.4 Å². The van der Waals surface area contributed by atoms with Crippen LogP contribution in [0.25, 0.3) is 0 Å². The van der Waals surface area contributed by atoms with Gasteiger partial charge < -0.3 is 0 Å². The monoisotopic (exact) mass is 212 g/mol. The summed E-state index contributed by atoms with van der Waals surface area (Å²) in [5, 5.41) is 4.24. The lowest BCUT2D eigenvalue weighted by molar-refractivity contribution is 0.418. The number of hydrazine groups is 1. The van der Waals surface area contributed by atoms with Gasteiger partial charge in [-0.25, -0.2) is 5.01 Å². The summed E-state index contributed by atoms with van der Waals surface area (Å²) in [6.45, 7) is 0. The zero-order valence-corrected chi connectivity index (χ0v) is 9.67. The average molecular weight is 212 g/mol. The molecular formula is C14H16N2. The first kappa shape index (κ1) is 10.7. The van der Waals surface area contributed by atoms with E-state index in [0.717, 1.165) is 0 Å². The minimum atomic E-state index is 1.17. The number of anilines is 2. The molecule has 0 N–H and O–H groups in total. The van der Waals surface area contributed by atoms with Crippen molar-refractivity contribution in [2.75, 3.05) is 19.1 Å². The molecule has 0 atom stereocenters. The molecule has 0 aromatic heterocycles. The van der Waals surface area contributed by atoms with Crippen LogP contribution in [0, 0.1) is 0 Å². The Bertz CT molecular complexity index is 384. The summed E-state index contributed by atoms with van der Waals surface area (Å²) >= 11 is 0. The van der Waals surface area contributed by atoms with Gasteiger partial charge in [-0.15, -0.1) is 0 Å². The first-order chi connectivity index (χ1) is 7.79. The normalized spacial score (nSPS) is 10.4. The molecule has 0 aliphatic rings. The summed E-state index contributed by atoms with van der Waals surface area (Å²) in [7, 11) is 4.08. The zero-order chi connectivity index (χ0) is 11.4. The first-order valence-corrected chi connectivity index (χ1v) is 5.36. The van der Waals surface area contributed by atoms with Crippen LogP contribution in [0.2, 0.25) is 0 Å². The molecule has 0 aliphatic carbocycles. The van der Waals surface area contributed by atoms with Gasteiger partial charge in [0, 0.05) is 14.1 Å². The molecule has 0 fully saturated rings. The van der Waals surface area contributed by atoms with Gasteiger partial charge in [-0.3, -0.25) is 5.01 Å². The maximum atomic E-state index is 2.17. The average Bonchev–Trinajstić information content (AvgIpc) is 2.31. The summed E-state index contributed by atoms with van der Waals surface area (Å²) < 4.78 is 0. The molecule has 0 radical (unpaired) electrons. The Kier molecular flexibility index (Phi) is 3.22. The molecule has 2 aromatic rings. The highest BCUT2D eigenvalue weighted by atomic mass is 15.6. The second-order valence-corrected chi connectivity index (χ2v) is 3.83. The van der Waals surface area contributed by atoms with E-state index in [0.29, 0.717) is 0 Å². The van der Waals surface area contributed by atoms with Gasteiger partial charge in [-0.1, -0.05) is 36.4 Å². The summed E-state index contributed by atoms with van der Waals surface area (Å²) in [5.41, 5.74) is 2.33. The van der Waals surface area contributed by atoms with Crippen LogP contribution in [0.15, 0.2) is 60.7 Å². The lowest BCUT2D eigenvalue weighted by Crippen LogP contribution is -2.32. The smallest absolute Gasteiger partial charge is 0.0580 e. The van der Waals surface area contributed by atoms with Crippen LogP contribution < -0.4 is 5.01 Å². The van der Waals surface area contributed by atoms with Crippen molar-refractivity contribution in [2.24, 2.45) is 0 Å². The molecule has 0 bridgehead atoms. The Balaban J connectivity index is 2.40. The lowest BCUT2D eigenvalue weighted by atomic mass is 10.2. The summed E-state index contributed by atoms with van der Waals surface area (Å²) in [6.07, 6.45) is 0. The largest absolute Gasteiger partial charge is 0.275 e. The molecule has 0 heterocycles. The SMILES string of the molecule is CN(C)N(c1ccccc1)c1ccccc1. The molecule has 0 aliphatic heterocycles. The van der Waals surface area contributed by atoms with Crippen LogP contribution in [0.5, 0.6) is 0 Å². The van der Waals surface area contributed by atoms with E-state index in [1.807, 2.05) is 26.2 Å². The second kappa shape index (κ2) is 4.81. The van der Waals surface area contributed by atoms with Crippen molar-refractivity contribution in [3.05, 3.63) is 60.7 Å². The Hall–Kier alpha value is -1.80. The van der Waals surface area contributed by atoms with Crippen molar-refractivity contribution in [2.45, 2.75) is 0 Å². The molecular weight excluding hydrogens is 196 g/mol. The van der Waals surface area contributed by atoms with E-state index in [4.69, 9.17) is 0 Å². The van der Waals surface area contributed by atoms with Crippen molar-refractivity contribution >= 4 is 11.4 Å². The minimum Gasteiger partial charge on any atom is -0.275 e. The third kappa shape index (κ3) is 2.23. The zero-order valence-electron chi connectivity index (χ0n) is 9.67. The molecule has 82 valence electrons. The van der Waals surface area contributed by atoms with Crippen molar-refractivity contribution in [3.8, 4) is 0 Å². The summed E-state index contributed by atoms with van der Waals surface area (Å²) in [4.78, 5) is 0. The molecule has 0 saturated carbocycles. The summed E-state index contributed by atoms with van der Waals surface area (Å²) in [6, 6.07) is 20.7. The topological polar surface area (TPSA) is 6.48 Å². The predicted octanol–water partition coefficient (Wildman–Crippen LogP) is 3.30. The fraction of sp³-hybridized carbons (Fsp3) is 0.143. The standard InChI is InChI=1S/C14H16N2/c1-15(2)16(13-9-5-3-6-10-13)14-11-7-4-8-12-14/h3-12H,1-2H3. The quantitative estimate of drug-likeness (QED) is 0.720. The molecule has 16 heavy (non-hydrogen) atoms. The molecule has 0 spiro atoms. The van der Waals surface area contributed by atoms with Crippen molar-refractivity contribution in [1.29, 1.82) is 0 Å². The predicted molar refractivity (Wildman–Crippen MR) is 68.7 cm³/mol. The van der Waals surface area contributed by atoms with Crippen molar-refractivity contribution < 1.29 is 0 Å². The Labute approximate surface area is 96.7 Å². The van der Waals surface area contributed by atoms with Crippen molar-refractivity contribution in [1.82, 2.24) is 5.01 Å². The van der Waals surface area contributed by atoms with E-state index in [1.165, 1.54) is 11.4 Å². The maximum absolute atomic E-state index is 2.17. The van der Waals surface area contributed by atoms with Gasteiger partial charge in [0.25, 0.3) is 0 Å². The first-order valence-electron chi connectivity index (χ1n) is 5.36. The maximum Gasteiger partial charge on any atom is 0.0580 e. The van der Waals surface area contributed by atoms with Gasteiger partial charge in [-0.05, 0) is 24.3 Å². The Morgan fingerprint density at radius 1 is 0.625 bits per heavy atom. The molecule has 0 unspecified atom stereocenters. The van der Waals surface area contributed by atoms with Crippen LogP contribution in [0.3, 0.4) is 0 Å².